The molecule has 0 radical (unpaired) electrons. The van der Waals surface area contributed by atoms with Gasteiger partial charge in [0.25, 0.3) is 0 Å². The number of halogens is 1. The Hall–Kier alpha value is -1.59. The number of hydrogen-bond donors (Lipinski definition) is 1. The van der Waals surface area contributed by atoms with Crippen molar-refractivity contribution >= 4 is 23.5 Å². The van der Waals surface area contributed by atoms with Crippen LogP contribution in [0.15, 0.2) is 24.3 Å². The zero-order valence-electron chi connectivity index (χ0n) is 11.3. The van der Waals surface area contributed by atoms with Crippen LogP contribution in [0.25, 0.3) is 0 Å². The van der Waals surface area contributed by atoms with E-state index in [-0.39, 0.29) is 12.3 Å². The van der Waals surface area contributed by atoms with Gasteiger partial charge < -0.3 is 15.0 Å². The highest BCUT2D eigenvalue weighted by Crippen LogP contribution is 2.18. The van der Waals surface area contributed by atoms with E-state index in [0.29, 0.717) is 24.7 Å². The molecule has 0 spiro atoms. The van der Waals surface area contributed by atoms with Crippen LogP contribution >= 0.6 is 11.6 Å². The van der Waals surface area contributed by atoms with Gasteiger partial charge in [0.1, 0.15) is 0 Å². The lowest BCUT2D eigenvalue weighted by Gasteiger charge is -2.33. The van der Waals surface area contributed by atoms with Gasteiger partial charge in [0.15, 0.2) is 0 Å². The Bertz CT molecular complexity index is 507. The van der Waals surface area contributed by atoms with E-state index < -0.39 is 12.0 Å². The Morgan fingerprint density at radius 1 is 1.50 bits per heavy atom. The predicted molar refractivity (Wildman–Crippen MR) is 75.3 cm³/mol. The molecule has 1 fully saturated rings. The molecule has 1 atom stereocenters. The van der Waals surface area contributed by atoms with Gasteiger partial charge in [0.2, 0.25) is 5.91 Å². The molecular weight excluding hydrogens is 280 g/mol. The second-order valence-electron chi connectivity index (χ2n) is 4.64. The summed E-state index contributed by atoms with van der Waals surface area (Å²) in [5, 5.41) is 3.68. The van der Waals surface area contributed by atoms with E-state index in [9.17, 15) is 9.59 Å². The van der Waals surface area contributed by atoms with Gasteiger partial charge >= 0.3 is 5.97 Å². The maximum Gasteiger partial charge on any atom is 0.307 e. The minimum atomic E-state index is -0.515. The Kier molecular flexibility index (Phi) is 4.98. The first-order valence-electron chi connectivity index (χ1n) is 6.44. The first-order chi connectivity index (χ1) is 9.61. The Labute approximate surface area is 122 Å². The highest BCUT2D eigenvalue weighted by molar-refractivity contribution is 6.31. The van der Waals surface area contributed by atoms with Crippen molar-refractivity contribution in [2.24, 2.45) is 0 Å². The van der Waals surface area contributed by atoms with Crippen molar-refractivity contribution < 1.29 is 14.3 Å². The third-order valence-electron chi connectivity index (χ3n) is 3.30. The zero-order valence-corrected chi connectivity index (χ0v) is 12.0. The van der Waals surface area contributed by atoms with Crippen LogP contribution in [0.2, 0.25) is 5.02 Å². The number of piperazine rings is 1. The molecule has 0 saturated carbocycles. The summed E-state index contributed by atoms with van der Waals surface area (Å²) >= 11 is 6.11. The van der Waals surface area contributed by atoms with Gasteiger partial charge in [0.05, 0.1) is 19.6 Å². The number of amides is 1. The fourth-order valence-electron chi connectivity index (χ4n) is 2.19. The SMILES string of the molecule is COC(=O)CC1NCCN(Cc2ccccc2Cl)C1=O. The van der Waals surface area contributed by atoms with Crippen LogP contribution in [0.1, 0.15) is 12.0 Å². The summed E-state index contributed by atoms with van der Waals surface area (Å²) in [6.45, 7) is 1.71. The number of hydrogen-bond acceptors (Lipinski definition) is 4. The van der Waals surface area contributed by atoms with Crippen LogP contribution < -0.4 is 5.32 Å². The molecule has 1 aromatic carbocycles. The monoisotopic (exact) mass is 296 g/mol. The van der Waals surface area contributed by atoms with Gasteiger partial charge in [-0.25, -0.2) is 0 Å². The van der Waals surface area contributed by atoms with Crippen molar-refractivity contribution in [2.75, 3.05) is 20.2 Å². The van der Waals surface area contributed by atoms with Crippen LogP contribution in [0.5, 0.6) is 0 Å². The summed E-state index contributed by atoms with van der Waals surface area (Å²) in [6.07, 6.45) is 0.0500. The summed E-state index contributed by atoms with van der Waals surface area (Å²) in [5.74, 6) is -0.489. The van der Waals surface area contributed by atoms with Gasteiger partial charge in [-0.05, 0) is 11.6 Å². The molecule has 1 unspecified atom stereocenters. The molecule has 0 aliphatic carbocycles. The number of carbonyl (C=O) groups is 2. The molecule has 20 heavy (non-hydrogen) atoms. The minimum absolute atomic E-state index is 0.0500. The Morgan fingerprint density at radius 3 is 2.95 bits per heavy atom. The molecule has 1 aliphatic rings. The quantitative estimate of drug-likeness (QED) is 0.848. The first-order valence-corrected chi connectivity index (χ1v) is 6.82. The molecule has 1 N–H and O–H groups in total. The normalized spacial score (nSPS) is 19.0. The summed E-state index contributed by atoms with van der Waals surface area (Å²) in [4.78, 5) is 25.3. The van der Waals surface area contributed by atoms with Gasteiger partial charge in [-0.1, -0.05) is 29.8 Å². The standard InChI is InChI=1S/C14H17ClN2O3/c1-20-13(18)8-12-14(19)17(7-6-16-12)9-10-4-2-3-5-11(10)15/h2-5,12,16H,6-9H2,1H3. The highest BCUT2D eigenvalue weighted by atomic mass is 35.5. The number of esters is 1. The van der Waals surface area contributed by atoms with E-state index in [1.54, 1.807) is 11.0 Å². The van der Waals surface area contributed by atoms with Gasteiger partial charge in [-0.15, -0.1) is 0 Å². The average Bonchev–Trinajstić information content (AvgIpc) is 2.45. The fourth-order valence-corrected chi connectivity index (χ4v) is 2.39. The molecule has 1 heterocycles. The van der Waals surface area contributed by atoms with Crippen molar-refractivity contribution in [3.63, 3.8) is 0 Å². The summed E-state index contributed by atoms with van der Waals surface area (Å²) < 4.78 is 4.60. The van der Waals surface area contributed by atoms with E-state index >= 15 is 0 Å². The lowest BCUT2D eigenvalue weighted by Crippen LogP contribution is -2.55. The van der Waals surface area contributed by atoms with Crippen LogP contribution in [0.4, 0.5) is 0 Å². The zero-order chi connectivity index (χ0) is 14.5. The number of methoxy groups -OCH3 is 1. The minimum Gasteiger partial charge on any atom is -0.469 e. The Balaban J connectivity index is 2.03. The second-order valence-corrected chi connectivity index (χ2v) is 5.05. The number of ether oxygens (including phenoxy) is 1. The van der Waals surface area contributed by atoms with Crippen LogP contribution in [0.3, 0.4) is 0 Å². The van der Waals surface area contributed by atoms with Gasteiger partial charge in [-0.2, -0.15) is 0 Å². The Morgan fingerprint density at radius 2 is 2.25 bits per heavy atom. The van der Waals surface area contributed by atoms with Crippen LogP contribution in [-0.2, 0) is 20.9 Å². The molecule has 1 saturated heterocycles. The smallest absolute Gasteiger partial charge is 0.307 e. The molecule has 2 rings (SSSR count). The summed E-state index contributed by atoms with van der Waals surface area (Å²) in [7, 11) is 1.32. The number of nitrogens with one attached hydrogen (secondary N) is 1. The second kappa shape index (κ2) is 6.72. The number of nitrogens with zero attached hydrogens (tertiary/aromatic N) is 1. The maximum atomic E-state index is 12.3. The molecule has 108 valence electrons. The van der Waals surface area contributed by atoms with Crippen molar-refractivity contribution in [3.8, 4) is 0 Å². The van der Waals surface area contributed by atoms with E-state index in [0.717, 1.165) is 5.56 Å². The fraction of sp³-hybridized carbons (Fsp3) is 0.429. The van der Waals surface area contributed by atoms with Crippen LogP contribution in [-0.4, -0.2) is 43.0 Å². The lowest BCUT2D eigenvalue weighted by atomic mass is 10.1. The number of rotatable bonds is 4. The molecule has 1 aliphatic heterocycles. The van der Waals surface area contributed by atoms with Crippen LogP contribution in [0, 0.1) is 0 Å². The molecule has 0 bridgehead atoms. The molecule has 1 aromatic rings. The summed E-state index contributed by atoms with van der Waals surface area (Å²) in [6, 6.07) is 6.92. The van der Waals surface area contributed by atoms with E-state index in [1.807, 2.05) is 18.2 Å². The molecule has 5 nitrogen and oxygen atoms in total. The van der Waals surface area contributed by atoms with Crippen molar-refractivity contribution in [1.29, 1.82) is 0 Å². The number of carbonyl (C=O) groups excluding carboxylic acids is 2. The predicted octanol–water partition coefficient (Wildman–Crippen LogP) is 1.20. The number of benzene rings is 1. The van der Waals surface area contributed by atoms with Gasteiger partial charge in [0, 0.05) is 24.7 Å². The van der Waals surface area contributed by atoms with Gasteiger partial charge in [-0.3, -0.25) is 9.59 Å². The topological polar surface area (TPSA) is 58.6 Å². The molecular formula is C14H17ClN2O3. The van der Waals surface area contributed by atoms with Crippen molar-refractivity contribution in [2.45, 2.75) is 19.0 Å². The van der Waals surface area contributed by atoms with Crippen molar-refractivity contribution in [3.05, 3.63) is 34.9 Å². The lowest BCUT2D eigenvalue weighted by molar-refractivity contribution is -0.146. The highest BCUT2D eigenvalue weighted by Gasteiger charge is 2.30. The van der Waals surface area contributed by atoms with Crippen molar-refractivity contribution in [1.82, 2.24) is 10.2 Å². The molecule has 6 heteroatoms. The van der Waals surface area contributed by atoms with E-state index in [2.05, 4.69) is 10.1 Å². The first kappa shape index (κ1) is 14.8. The summed E-state index contributed by atoms with van der Waals surface area (Å²) in [5.41, 5.74) is 0.904. The van der Waals surface area contributed by atoms with E-state index in [4.69, 9.17) is 11.6 Å². The van der Waals surface area contributed by atoms with E-state index in [1.165, 1.54) is 7.11 Å². The largest absolute Gasteiger partial charge is 0.469 e. The third kappa shape index (κ3) is 3.49. The third-order valence-corrected chi connectivity index (χ3v) is 3.67. The molecule has 0 aromatic heterocycles. The average molecular weight is 297 g/mol. The molecule has 1 amide bonds. The maximum absolute atomic E-state index is 12.3.